The summed E-state index contributed by atoms with van der Waals surface area (Å²) < 4.78 is 6.49. The van der Waals surface area contributed by atoms with Crippen LogP contribution in [0.25, 0.3) is 44.2 Å². The summed E-state index contributed by atoms with van der Waals surface area (Å²) in [6.07, 6.45) is 9.51. The van der Waals surface area contributed by atoms with Gasteiger partial charge in [0.1, 0.15) is 11.2 Å². The molecule has 6 aliphatic carbocycles. The molecule has 6 aliphatic rings. The van der Waals surface area contributed by atoms with Gasteiger partial charge in [-0.15, -0.1) is 0 Å². The largest absolute Gasteiger partial charge is 0.456 e. The van der Waals surface area contributed by atoms with E-state index in [9.17, 15) is 0 Å². The molecule has 4 fully saturated rings. The maximum Gasteiger partial charge on any atom is 0.137 e. The fourth-order valence-electron chi connectivity index (χ4n) is 13.3. The van der Waals surface area contributed by atoms with Crippen molar-refractivity contribution in [1.29, 1.82) is 0 Å². The molecule has 0 saturated heterocycles. The van der Waals surface area contributed by atoms with Gasteiger partial charge >= 0.3 is 0 Å². The first kappa shape index (κ1) is 33.1. The molecule has 56 heavy (non-hydrogen) atoms. The van der Waals surface area contributed by atoms with E-state index in [1.807, 2.05) is 0 Å². The Labute approximate surface area is 331 Å². The number of hydrogen-bond acceptors (Lipinski definition) is 2. The van der Waals surface area contributed by atoms with Crippen LogP contribution in [-0.2, 0) is 16.2 Å². The van der Waals surface area contributed by atoms with Crippen LogP contribution in [0.4, 0.5) is 17.1 Å². The maximum atomic E-state index is 6.49. The van der Waals surface area contributed by atoms with E-state index in [-0.39, 0.29) is 16.2 Å². The van der Waals surface area contributed by atoms with E-state index < -0.39 is 0 Å². The van der Waals surface area contributed by atoms with Gasteiger partial charge in [0.2, 0.25) is 0 Å². The molecule has 7 aromatic rings. The first-order valence-corrected chi connectivity index (χ1v) is 21.4. The highest BCUT2D eigenvalue weighted by molar-refractivity contribution is 6.06. The van der Waals surface area contributed by atoms with Crippen LogP contribution in [0.2, 0.25) is 0 Å². The van der Waals surface area contributed by atoms with Crippen molar-refractivity contribution >= 4 is 39.0 Å². The molecule has 13 rings (SSSR count). The second-order valence-corrected chi connectivity index (χ2v) is 19.6. The Bertz CT molecular complexity index is 2700. The average Bonchev–Trinajstić information content (AvgIpc) is 3.72. The topological polar surface area (TPSA) is 16.4 Å². The molecule has 1 heterocycles. The summed E-state index contributed by atoms with van der Waals surface area (Å²) in [7, 11) is 0. The molecule has 0 atom stereocenters. The molecule has 4 saturated carbocycles. The molecule has 278 valence electrons. The molecule has 0 radical (unpaired) electrons. The molecule has 0 N–H and O–H groups in total. The molecule has 0 unspecified atom stereocenters. The summed E-state index contributed by atoms with van der Waals surface area (Å²) in [6, 6.07) is 48.6. The third-order valence-electron chi connectivity index (χ3n) is 15.7. The molecule has 4 bridgehead atoms. The molecule has 0 amide bonds. The lowest BCUT2D eigenvalue weighted by atomic mass is 9.43. The van der Waals surface area contributed by atoms with Crippen molar-refractivity contribution in [2.75, 3.05) is 4.90 Å². The van der Waals surface area contributed by atoms with Gasteiger partial charge in [0, 0.05) is 33.6 Å². The fourth-order valence-corrected chi connectivity index (χ4v) is 13.3. The van der Waals surface area contributed by atoms with Crippen LogP contribution in [-0.4, -0.2) is 0 Å². The number of benzene rings is 6. The summed E-state index contributed by atoms with van der Waals surface area (Å²) in [6.45, 7) is 9.72. The number of para-hydroxylation sites is 1. The number of rotatable bonds is 4. The first-order chi connectivity index (χ1) is 27.2. The average molecular weight is 730 g/mol. The van der Waals surface area contributed by atoms with Crippen molar-refractivity contribution in [3.63, 3.8) is 0 Å². The van der Waals surface area contributed by atoms with Gasteiger partial charge in [0.15, 0.2) is 0 Å². The highest BCUT2D eigenvalue weighted by Gasteiger charge is 2.61. The van der Waals surface area contributed by atoms with Gasteiger partial charge in [-0.05, 0) is 166 Å². The number of anilines is 3. The molecule has 1 spiro atoms. The van der Waals surface area contributed by atoms with Crippen LogP contribution < -0.4 is 4.90 Å². The van der Waals surface area contributed by atoms with Crippen molar-refractivity contribution in [2.24, 2.45) is 23.7 Å². The highest BCUT2D eigenvalue weighted by Crippen LogP contribution is 2.69. The van der Waals surface area contributed by atoms with Gasteiger partial charge in [-0.3, -0.25) is 0 Å². The van der Waals surface area contributed by atoms with Gasteiger partial charge in [-0.2, -0.15) is 0 Å². The number of furan rings is 1. The Morgan fingerprint density at radius 3 is 1.95 bits per heavy atom. The molecular formula is C54H51NO. The monoisotopic (exact) mass is 729 g/mol. The second kappa shape index (κ2) is 11.5. The van der Waals surface area contributed by atoms with E-state index in [2.05, 4.69) is 160 Å². The standard InChI is InChI=1S/C54H51NO/c1-52(2)24-25-53(3,4)51-47(52)13-9-14-48(51)55(40-21-22-43-42-11-6-8-15-49(42)56-50(43)32-40)39-19-16-35(17-20-39)36-18-23-46-44(31-36)41-10-5-7-12-45(41)54(46)37-27-33-26-34(29-37)30-38(54)28-33/h5-23,31-34,37-38H,24-30H2,1-4H3. The van der Waals surface area contributed by atoms with E-state index in [0.717, 1.165) is 63.4 Å². The maximum absolute atomic E-state index is 6.49. The second-order valence-electron chi connectivity index (χ2n) is 19.6. The zero-order valence-corrected chi connectivity index (χ0v) is 33.2. The van der Waals surface area contributed by atoms with Crippen LogP contribution in [0.1, 0.15) is 94.9 Å². The van der Waals surface area contributed by atoms with Gasteiger partial charge in [0.05, 0.1) is 5.69 Å². The SMILES string of the molecule is CC1(C)CCC(C)(C)c2c(N(c3ccc(-c4ccc5c(c4)-c4ccccc4C54C5CC6CC(C5)CC4C6)cc3)c3ccc4c(c3)oc3ccccc34)cccc21. The van der Waals surface area contributed by atoms with E-state index in [0.29, 0.717) is 0 Å². The molecule has 2 nitrogen and oxygen atoms in total. The Morgan fingerprint density at radius 2 is 1.14 bits per heavy atom. The van der Waals surface area contributed by atoms with Gasteiger partial charge in [-0.1, -0.05) is 107 Å². The highest BCUT2D eigenvalue weighted by atomic mass is 16.3. The smallest absolute Gasteiger partial charge is 0.137 e. The Hall–Kier alpha value is -5.08. The van der Waals surface area contributed by atoms with E-state index >= 15 is 0 Å². The van der Waals surface area contributed by atoms with Crippen molar-refractivity contribution in [3.8, 4) is 22.3 Å². The van der Waals surface area contributed by atoms with Gasteiger partial charge in [0.25, 0.3) is 0 Å². The van der Waals surface area contributed by atoms with Gasteiger partial charge < -0.3 is 9.32 Å². The minimum atomic E-state index is 0.0401. The zero-order valence-electron chi connectivity index (χ0n) is 33.2. The lowest BCUT2D eigenvalue weighted by molar-refractivity contribution is -0.0399. The van der Waals surface area contributed by atoms with Crippen molar-refractivity contribution in [3.05, 3.63) is 150 Å². The number of hydrogen-bond donors (Lipinski definition) is 0. The van der Waals surface area contributed by atoms with E-state index in [1.54, 1.807) is 11.1 Å². The Balaban J connectivity index is 0.987. The lowest BCUT2D eigenvalue weighted by Gasteiger charge is -2.61. The molecule has 0 aliphatic heterocycles. The number of nitrogens with zero attached hydrogens (tertiary/aromatic N) is 1. The summed E-state index contributed by atoms with van der Waals surface area (Å²) in [5.74, 6) is 3.48. The zero-order chi connectivity index (χ0) is 37.6. The Morgan fingerprint density at radius 1 is 0.500 bits per heavy atom. The number of fused-ring (bicyclic) bond motifs is 7. The molecule has 6 aromatic carbocycles. The van der Waals surface area contributed by atoms with Crippen LogP contribution in [0.3, 0.4) is 0 Å². The molecular weight excluding hydrogens is 679 g/mol. The van der Waals surface area contributed by atoms with Gasteiger partial charge in [-0.25, -0.2) is 0 Å². The fraction of sp³-hybridized carbons (Fsp3) is 0.333. The normalized spacial score (nSPS) is 26.1. The Kier molecular flexibility index (Phi) is 6.80. The third-order valence-corrected chi connectivity index (χ3v) is 15.7. The minimum absolute atomic E-state index is 0.0401. The summed E-state index contributed by atoms with van der Waals surface area (Å²) in [5.41, 5.74) is 17.5. The van der Waals surface area contributed by atoms with Crippen molar-refractivity contribution < 1.29 is 4.42 Å². The van der Waals surface area contributed by atoms with Crippen molar-refractivity contribution in [2.45, 2.75) is 88.9 Å². The quantitative estimate of drug-likeness (QED) is 0.179. The van der Waals surface area contributed by atoms with Crippen LogP contribution in [0.15, 0.2) is 132 Å². The summed E-state index contributed by atoms with van der Waals surface area (Å²) in [4.78, 5) is 2.49. The molecule has 1 aromatic heterocycles. The van der Waals surface area contributed by atoms with E-state index in [1.165, 1.54) is 77.6 Å². The van der Waals surface area contributed by atoms with Crippen LogP contribution >= 0.6 is 0 Å². The summed E-state index contributed by atoms with van der Waals surface area (Å²) >= 11 is 0. The lowest BCUT2D eigenvalue weighted by Crippen LogP contribution is -2.55. The van der Waals surface area contributed by atoms with Crippen LogP contribution in [0.5, 0.6) is 0 Å². The minimum Gasteiger partial charge on any atom is -0.456 e. The first-order valence-electron chi connectivity index (χ1n) is 21.4. The predicted octanol–water partition coefficient (Wildman–Crippen LogP) is 14.8. The molecule has 2 heteroatoms. The van der Waals surface area contributed by atoms with Crippen molar-refractivity contribution in [1.82, 2.24) is 0 Å². The summed E-state index contributed by atoms with van der Waals surface area (Å²) in [5, 5.41) is 2.32. The predicted molar refractivity (Wildman–Crippen MR) is 232 cm³/mol. The third kappa shape index (κ3) is 4.50. The van der Waals surface area contributed by atoms with Crippen LogP contribution in [0, 0.1) is 23.7 Å². The van der Waals surface area contributed by atoms with E-state index in [4.69, 9.17) is 4.42 Å².